The van der Waals surface area contributed by atoms with Crippen molar-refractivity contribution >= 4 is 17.3 Å². The lowest BCUT2D eigenvalue weighted by Gasteiger charge is -2.04. The summed E-state index contributed by atoms with van der Waals surface area (Å²) >= 11 is 0. The van der Waals surface area contributed by atoms with Crippen LogP contribution < -0.4 is 0 Å². The van der Waals surface area contributed by atoms with Crippen LogP contribution in [0.25, 0.3) is 16.7 Å². The molecule has 18 heavy (non-hydrogen) atoms. The molecule has 0 N–H and O–H groups in total. The monoisotopic (exact) mass is 236 g/mol. The molecule has 0 saturated heterocycles. The molecule has 3 rings (SSSR count). The molecule has 3 heteroatoms. The van der Waals surface area contributed by atoms with Crippen molar-refractivity contribution < 1.29 is 4.79 Å². The average Bonchev–Trinajstić information content (AvgIpc) is 2.80. The largest absolute Gasteiger partial charge is 0.301 e. The Labute approximate surface area is 105 Å². The van der Waals surface area contributed by atoms with E-state index in [0.29, 0.717) is 5.56 Å². The van der Waals surface area contributed by atoms with Crippen LogP contribution in [0.5, 0.6) is 0 Å². The van der Waals surface area contributed by atoms with Gasteiger partial charge in [0, 0.05) is 29.0 Å². The number of para-hydroxylation sites is 1. The van der Waals surface area contributed by atoms with Crippen molar-refractivity contribution in [2.75, 3.05) is 0 Å². The first-order valence-electron chi connectivity index (χ1n) is 5.78. The molecule has 2 aromatic heterocycles. The Morgan fingerprint density at radius 2 is 1.94 bits per heavy atom. The minimum atomic E-state index is 0.680. The lowest BCUT2D eigenvalue weighted by Crippen LogP contribution is -1.93. The minimum absolute atomic E-state index is 0.680. The highest BCUT2D eigenvalue weighted by Gasteiger charge is 2.11. The van der Waals surface area contributed by atoms with Gasteiger partial charge in [0.1, 0.15) is 5.65 Å². The van der Waals surface area contributed by atoms with E-state index in [1.165, 1.54) is 0 Å². The molecule has 0 aliphatic heterocycles. The molecule has 2 heterocycles. The third-order valence-corrected chi connectivity index (χ3v) is 3.09. The number of carbonyl (C=O) groups is 1. The summed E-state index contributed by atoms with van der Waals surface area (Å²) in [4.78, 5) is 15.6. The molecule has 0 unspecified atom stereocenters. The van der Waals surface area contributed by atoms with Crippen LogP contribution in [0, 0.1) is 6.92 Å². The van der Waals surface area contributed by atoms with Crippen LogP contribution in [-0.4, -0.2) is 15.8 Å². The van der Waals surface area contributed by atoms with Gasteiger partial charge in [0.25, 0.3) is 0 Å². The Kier molecular flexibility index (Phi) is 2.45. The Morgan fingerprint density at radius 3 is 2.67 bits per heavy atom. The predicted octanol–water partition coefficient (Wildman–Crippen LogP) is 3.15. The van der Waals surface area contributed by atoms with E-state index in [2.05, 4.69) is 4.98 Å². The quantitative estimate of drug-likeness (QED) is 0.641. The van der Waals surface area contributed by atoms with Crippen molar-refractivity contribution in [2.45, 2.75) is 6.92 Å². The molecule has 1 aromatic carbocycles. The Balaban J connectivity index is 2.38. The van der Waals surface area contributed by atoms with Gasteiger partial charge < -0.3 is 4.57 Å². The highest BCUT2D eigenvalue weighted by atomic mass is 16.1. The molecule has 0 fully saturated rings. The SMILES string of the molecule is Cc1ccnc2c1c(C=O)cn2-c1ccccc1. The Bertz CT molecular complexity index is 714. The fourth-order valence-corrected chi connectivity index (χ4v) is 2.22. The molecule has 0 aliphatic carbocycles. The van der Waals surface area contributed by atoms with E-state index in [1.54, 1.807) is 6.20 Å². The number of aldehydes is 1. The highest BCUT2D eigenvalue weighted by molar-refractivity contribution is 5.98. The number of hydrogen-bond donors (Lipinski definition) is 0. The van der Waals surface area contributed by atoms with Gasteiger partial charge in [-0.15, -0.1) is 0 Å². The smallest absolute Gasteiger partial charge is 0.152 e. The van der Waals surface area contributed by atoms with Gasteiger partial charge in [-0.2, -0.15) is 0 Å². The van der Waals surface area contributed by atoms with Crippen molar-refractivity contribution in [3.05, 3.63) is 59.9 Å². The zero-order valence-electron chi connectivity index (χ0n) is 10.00. The number of fused-ring (bicyclic) bond motifs is 1. The van der Waals surface area contributed by atoms with E-state index in [4.69, 9.17) is 0 Å². The van der Waals surface area contributed by atoms with E-state index in [0.717, 1.165) is 28.6 Å². The number of nitrogens with zero attached hydrogens (tertiary/aromatic N) is 2. The zero-order chi connectivity index (χ0) is 12.5. The average molecular weight is 236 g/mol. The summed E-state index contributed by atoms with van der Waals surface area (Å²) in [6.45, 7) is 1.99. The fraction of sp³-hybridized carbons (Fsp3) is 0.0667. The predicted molar refractivity (Wildman–Crippen MR) is 71.2 cm³/mol. The summed E-state index contributed by atoms with van der Waals surface area (Å²) in [7, 11) is 0. The summed E-state index contributed by atoms with van der Waals surface area (Å²) in [5.41, 5.74) is 3.58. The van der Waals surface area contributed by atoms with Crippen molar-refractivity contribution in [1.82, 2.24) is 9.55 Å². The molecule has 3 aromatic rings. The maximum absolute atomic E-state index is 11.2. The van der Waals surface area contributed by atoms with E-state index >= 15 is 0 Å². The third-order valence-electron chi connectivity index (χ3n) is 3.09. The number of pyridine rings is 1. The maximum atomic E-state index is 11.2. The second-order valence-electron chi connectivity index (χ2n) is 4.23. The first-order valence-corrected chi connectivity index (χ1v) is 5.78. The molecule has 0 aliphatic rings. The number of aryl methyl sites for hydroxylation is 1. The van der Waals surface area contributed by atoms with Gasteiger partial charge in [-0.1, -0.05) is 18.2 Å². The Morgan fingerprint density at radius 1 is 1.17 bits per heavy atom. The van der Waals surface area contributed by atoms with Crippen LogP contribution in [0.2, 0.25) is 0 Å². The van der Waals surface area contributed by atoms with Crippen LogP contribution in [0.1, 0.15) is 15.9 Å². The second kappa shape index (κ2) is 4.11. The topological polar surface area (TPSA) is 34.9 Å². The van der Waals surface area contributed by atoms with Crippen LogP contribution in [0.3, 0.4) is 0 Å². The molecule has 0 bridgehead atoms. The maximum Gasteiger partial charge on any atom is 0.152 e. The fourth-order valence-electron chi connectivity index (χ4n) is 2.22. The molecular weight excluding hydrogens is 224 g/mol. The van der Waals surface area contributed by atoms with E-state index in [9.17, 15) is 4.79 Å². The molecule has 0 spiro atoms. The van der Waals surface area contributed by atoms with Gasteiger partial charge in [-0.3, -0.25) is 4.79 Å². The normalized spacial score (nSPS) is 10.7. The summed E-state index contributed by atoms with van der Waals surface area (Å²) in [6, 6.07) is 11.8. The molecule has 0 atom stereocenters. The van der Waals surface area contributed by atoms with Gasteiger partial charge in [-0.05, 0) is 30.7 Å². The third kappa shape index (κ3) is 1.52. The van der Waals surface area contributed by atoms with Crippen LogP contribution in [-0.2, 0) is 0 Å². The first kappa shape index (κ1) is 10.7. The lowest BCUT2D eigenvalue weighted by molar-refractivity contribution is 0.112. The highest BCUT2D eigenvalue weighted by Crippen LogP contribution is 2.24. The van der Waals surface area contributed by atoms with Crippen LogP contribution >= 0.6 is 0 Å². The number of hydrogen-bond acceptors (Lipinski definition) is 2. The zero-order valence-corrected chi connectivity index (χ0v) is 10.00. The van der Waals surface area contributed by atoms with Crippen molar-refractivity contribution in [3.8, 4) is 5.69 Å². The summed E-state index contributed by atoms with van der Waals surface area (Å²) < 4.78 is 1.95. The number of benzene rings is 1. The minimum Gasteiger partial charge on any atom is -0.301 e. The van der Waals surface area contributed by atoms with Crippen molar-refractivity contribution in [3.63, 3.8) is 0 Å². The summed E-state index contributed by atoms with van der Waals surface area (Å²) in [5.74, 6) is 0. The molecule has 0 saturated carbocycles. The van der Waals surface area contributed by atoms with Gasteiger partial charge >= 0.3 is 0 Å². The van der Waals surface area contributed by atoms with Gasteiger partial charge in [-0.25, -0.2) is 4.98 Å². The second-order valence-corrected chi connectivity index (χ2v) is 4.23. The first-order chi connectivity index (χ1) is 8.81. The number of carbonyl (C=O) groups excluding carboxylic acids is 1. The van der Waals surface area contributed by atoms with E-state index in [1.807, 2.05) is 54.1 Å². The molecule has 0 amide bonds. The van der Waals surface area contributed by atoms with Gasteiger partial charge in [0.15, 0.2) is 6.29 Å². The van der Waals surface area contributed by atoms with Crippen LogP contribution in [0.4, 0.5) is 0 Å². The Hall–Kier alpha value is -2.42. The van der Waals surface area contributed by atoms with Crippen molar-refractivity contribution in [2.24, 2.45) is 0 Å². The lowest BCUT2D eigenvalue weighted by atomic mass is 10.1. The number of rotatable bonds is 2. The number of aromatic nitrogens is 2. The molecule has 0 radical (unpaired) electrons. The van der Waals surface area contributed by atoms with Gasteiger partial charge in [0.2, 0.25) is 0 Å². The van der Waals surface area contributed by atoms with E-state index in [-0.39, 0.29) is 0 Å². The standard InChI is InChI=1S/C15H12N2O/c1-11-7-8-16-15-14(11)12(10-18)9-17(15)13-5-3-2-4-6-13/h2-10H,1H3. The summed E-state index contributed by atoms with van der Waals surface area (Å²) in [5, 5.41) is 0.927. The van der Waals surface area contributed by atoms with Gasteiger partial charge in [0.05, 0.1) is 0 Å². The van der Waals surface area contributed by atoms with E-state index < -0.39 is 0 Å². The van der Waals surface area contributed by atoms with Crippen LogP contribution in [0.15, 0.2) is 48.8 Å². The molecular formula is C15H12N2O. The molecule has 88 valence electrons. The summed E-state index contributed by atoms with van der Waals surface area (Å²) in [6.07, 6.45) is 4.50. The van der Waals surface area contributed by atoms with Crippen molar-refractivity contribution in [1.29, 1.82) is 0 Å². The molecule has 3 nitrogen and oxygen atoms in total.